The maximum absolute atomic E-state index is 12.0. The van der Waals surface area contributed by atoms with Gasteiger partial charge in [0.1, 0.15) is 18.5 Å². The van der Waals surface area contributed by atoms with Crippen molar-refractivity contribution >= 4 is 22.9 Å². The highest BCUT2D eigenvalue weighted by atomic mass is 16.6. The molecule has 0 radical (unpaired) electrons. The number of nitrogens with zero attached hydrogens (tertiary/aromatic N) is 4. The summed E-state index contributed by atoms with van der Waals surface area (Å²) in [6.07, 6.45) is -0.122. The number of likely N-dealkylation sites (N-methyl/N-ethyl adjacent to an activating group) is 1. The number of nitrogens with one attached hydrogen (secondary N) is 3. The molecule has 11 heteroatoms. The second-order valence-corrected chi connectivity index (χ2v) is 9.73. The van der Waals surface area contributed by atoms with E-state index < -0.39 is 30.4 Å². The molecule has 0 aliphatic carbocycles. The fraction of sp³-hybridized carbons (Fsp3) is 0.700. The van der Waals surface area contributed by atoms with Crippen molar-refractivity contribution in [2.24, 2.45) is 0 Å². The Bertz CT molecular complexity index is 960. The number of carbonyl (C=O) groups is 1. The van der Waals surface area contributed by atoms with E-state index in [-0.39, 0.29) is 17.1 Å². The molecular formula is C20H31N7O4. The Balaban J connectivity index is 1.61. The van der Waals surface area contributed by atoms with Crippen LogP contribution in [0.1, 0.15) is 46.8 Å². The third-order valence-corrected chi connectivity index (χ3v) is 5.91. The number of hydrogen-bond acceptors (Lipinski definition) is 9. The van der Waals surface area contributed by atoms with Gasteiger partial charge in [0.2, 0.25) is 0 Å². The van der Waals surface area contributed by atoms with Crippen molar-refractivity contribution in [2.75, 3.05) is 12.4 Å². The SMILES string of the molecule is CNC(=O)[C@H]1O[C@@H](n2cnc3c(NC4CC(C)(C)NC(C)(C)C4)ncnc32)[C@H](O)[C@@H]1O. The molecule has 5 N–H and O–H groups in total. The van der Waals surface area contributed by atoms with E-state index in [0.29, 0.717) is 17.0 Å². The molecule has 11 nitrogen and oxygen atoms in total. The zero-order valence-corrected chi connectivity index (χ0v) is 18.5. The highest BCUT2D eigenvalue weighted by Gasteiger charge is 2.47. The molecule has 0 bridgehead atoms. The van der Waals surface area contributed by atoms with Crippen molar-refractivity contribution in [1.82, 2.24) is 30.2 Å². The summed E-state index contributed by atoms with van der Waals surface area (Å²) < 4.78 is 7.18. The van der Waals surface area contributed by atoms with Crippen LogP contribution < -0.4 is 16.0 Å². The van der Waals surface area contributed by atoms with Crippen molar-refractivity contribution in [3.05, 3.63) is 12.7 Å². The first-order valence-corrected chi connectivity index (χ1v) is 10.5. The fourth-order valence-electron chi connectivity index (χ4n) is 5.01. The lowest BCUT2D eigenvalue weighted by molar-refractivity contribution is -0.137. The number of rotatable bonds is 4. The molecule has 2 aliphatic rings. The highest BCUT2D eigenvalue weighted by Crippen LogP contribution is 2.34. The van der Waals surface area contributed by atoms with Crippen LogP contribution in [0.2, 0.25) is 0 Å². The molecule has 4 rings (SSSR count). The smallest absolute Gasteiger partial charge is 0.251 e. The zero-order chi connectivity index (χ0) is 22.6. The number of fused-ring (bicyclic) bond motifs is 1. The fourth-order valence-corrected chi connectivity index (χ4v) is 5.01. The second-order valence-electron chi connectivity index (χ2n) is 9.73. The van der Waals surface area contributed by atoms with Gasteiger partial charge in [0.15, 0.2) is 29.3 Å². The third-order valence-electron chi connectivity index (χ3n) is 5.91. The Hall–Kier alpha value is -2.34. The van der Waals surface area contributed by atoms with Crippen LogP contribution in [0, 0.1) is 0 Å². The van der Waals surface area contributed by atoms with E-state index in [9.17, 15) is 15.0 Å². The van der Waals surface area contributed by atoms with Crippen molar-refractivity contribution in [1.29, 1.82) is 0 Å². The average Bonchev–Trinajstić information content (AvgIpc) is 3.21. The van der Waals surface area contributed by atoms with E-state index in [1.54, 1.807) is 0 Å². The number of hydrogen-bond donors (Lipinski definition) is 5. The lowest BCUT2D eigenvalue weighted by atomic mass is 9.79. The van der Waals surface area contributed by atoms with E-state index in [2.05, 4.69) is 58.6 Å². The summed E-state index contributed by atoms with van der Waals surface area (Å²) in [5, 5.41) is 30.3. The van der Waals surface area contributed by atoms with Gasteiger partial charge in [-0.2, -0.15) is 0 Å². The number of anilines is 1. The quantitative estimate of drug-likeness (QED) is 0.446. The van der Waals surface area contributed by atoms with Gasteiger partial charge in [0, 0.05) is 24.2 Å². The van der Waals surface area contributed by atoms with Gasteiger partial charge >= 0.3 is 0 Å². The Morgan fingerprint density at radius 3 is 2.48 bits per heavy atom. The minimum Gasteiger partial charge on any atom is -0.387 e. The number of imidazole rings is 1. The molecule has 4 heterocycles. The summed E-state index contributed by atoms with van der Waals surface area (Å²) in [5.41, 5.74) is 0.916. The van der Waals surface area contributed by atoms with Gasteiger partial charge < -0.3 is 30.9 Å². The molecule has 1 amide bonds. The van der Waals surface area contributed by atoms with Gasteiger partial charge in [-0.15, -0.1) is 0 Å². The molecule has 0 aromatic carbocycles. The van der Waals surface area contributed by atoms with Gasteiger partial charge in [-0.1, -0.05) is 0 Å². The normalized spacial score (nSPS) is 30.4. The maximum atomic E-state index is 12.0. The Kier molecular flexibility index (Phi) is 5.41. The van der Waals surface area contributed by atoms with Crippen molar-refractivity contribution in [3.8, 4) is 0 Å². The number of piperidine rings is 1. The Morgan fingerprint density at radius 2 is 1.84 bits per heavy atom. The van der Waals surface area contributed by atoms with Crippen LogP contribution in [0.25, 0.3) is 11.2 Å². The predicted octanol–water partition coefficient (Wildman–Crippen LogP) is -0.0874. The van der Waals surface area contributed by atoms with Crippen LogP contribution in [0.5, 0.6) is 0 Å². The molecule has 2 fully saturated rings. The number of amides is 1. The second kappa shape index (κ2) is 7.66. The summed E-state index contributed by atoms with van der Waals surface area (Å²) in [6.45, 7) is 8.72. The standard InChI is InChI=1S/C20H31N7O4/c1-19(2)6-10(7-20(3,4)26-19)25-15-11-16(23-8-22-15)27(9-24-11)18-13(29)12(28)14(31-18)17(30)21-5/h8-10,12-14,18,26,28-29H,6-7H2,1-5H3,(H,21,30)(H,22,23,25)/t12-,13+,14-,18+/m0/s1. The summed E-state index contributed by atoms with van der Waals surface area (Å²) in [7, 11) is 1.44. The minimum atomic E-state index is -1.36. The number of carbonyl (C=O) groups excluding carboxylic acids is 1. The highest BCUT2D eigenvalue weighted by molar-refractivity contribution is 5.83. The predicted molar refractivity (Wildman–Crippen MR) is 113 cm³/mol. The zero-order valence-electron chi connectivity index (χ0n) is 18.5. The van der Waals surface area contributed by atoms with Gasteiger partial charge in [0.25, 0.3) is 5.91 Å². The van der Waals surface area contributed by atoms with E-state index >= 15 is 0 Å². The first kappa shape index (κ1) is 21.9. The van der Waals surface area contributed by atoms with E-state index in [1.165, 1.54) is 24.3 Å². The van der Waals surface area contributed by atoms with E-state index in [1.807, 2.05) is 0 Å². The van der Waals surface area contributed by atoms with Gasteiger partial charge in [-0.3, -0.25) is 9.36 Å². The van der Waals surface area contributed by atoms with Crippen LogP contribution >= 0.6 is 0 Å². The summed E-state index contributed by atoms with van der Waals surface area (Å²) >= 11 is 0. The molecule has 4 atom stereocenters. The maximum Gasteiger partial charge on any atom is 0.251 e. The number of aromatic nitrogens is 4. The summed E-state index contributed by atoms with van der Waals surface area (Å²) in [4.78, 5) is 25.1. The third kappa shape index (κ3) is 4.10. The number of ether oxygens (including phenoxy) is 1. The van der Waals surface area contributed by atoms with Crippen LogP contribution in [0.4, 0.5) is 5.82 Å². The molecular weight excluding hydrogens is 402 g/mol. The lowest BCUT2D eigenvalue weighted by Gasteiger charge is -2.46. The number of aliphatic hydroxyl groups excluding tert-OH is 2. The largest absolute Gasteiger partial charge is 0.387 e. The molecule has 2 aliphatic heterocycles. The van der Waals surface area contributed by atoms with Crippen LogP contribution in [-0.4, -0.2) is 78.1 Å². The topological polar surface area (TPSA) is 146 Å². The van der Waals surface area contributed by atoms with Gasteiger partial charge in [-0.05, 0) is 40.5 Å². The minimum absolute atomic E-state index is 0.0300. The first-order chi connectivity index (χ1) is 14.5. The molecule has 0 spiro atoms. The lowest BCUT2D eigenvalue weighted by Crippen LogP contribution is -2.60. The van der Waals surface area contributed by atoms with Crippen molar-refractivity contribution < 1.29 is 19.7 Å². The van der Waals surface area contributed by atoms with Gasteiger partial charge in [-0.25, -0.2) is 15.0 Å². The van der Waals surface area contributed by atoms with Gasteiger partial charge in [0.05, 0.1) is 6.33 Å². The molecule has 2 saturated heterocycles. The molecule has 0 unspecified atom stereocenters. The van der Waals surface area contributed by atoms with Crippen LogP contribution in [0.15, 0.2) is 12.7 Å². The molecule has 2 aromatic heterocycles. The molecule has 0 saturated carbocycles. The first-order valence-electron chi connectivity index (χ1n) is 10.5. The van der Waals surface area contributed by atoms with Crippen LogP contribution in [0.3, 0.4) is 0 Å². The summed E-state index contributed by atoms with van der Waals surface area (Å²) in [5.74, 6) is 0.0877. The monoisotopic (exact) mass is 433 g/mol. The summed E-state index contributed by atoms with van der Waals surface area (Å²) in [6, 6.07) is 0.183. The molecule has 31 heavy (non-hydrogen) atoms. The van der Waals surface area contributed by atoms with E-state index in [0.717, 1.165) is 12.8 Å². The molecule has 170 valence electrons. The van der Waals surface area contributed by atoms with Crippen molar-refractivity contribution in [3.63, 3.8) is 0 Å². The Labute approximate surface area is 180 Å². The van der Waals surface area contributed by atoms with Crippen molar-refractivity contribution in [2.45, 2.75) is 82.2 Å². The average molecular weight is 434 g/mol. The number of aliphatic hydroxyl groups is 2. The molecule has 2 aromatic rings. The van der Waals surface area contributed by atoms with Crippen LogP contribution in [-0.2, 0) is 9.53 Å². The van der Waals surface area contributed by atoms with E-state index in [4.69, 9.17) is 4.74 Å². The Morgan fingerprint density at radius 1 is 1.16 bits per heavy atom.